The molecule has 0 aromatic heterocycles. The molecule has 1 aliphatic rings. The van der Waals surface area contributed by atoms with Gasteiger partial charge in [-0.25, -0.2) is 0 Å². The molecular weight excluding hydrogens is 364 g/mol. The van der Waals surface area contributed by atoms with Crippen LogP contribution in [0, 0.1) is 5.92 Å². The average molecular weight is 397 g/mol. The molecule has 1 unspecified atom stereocenters. The van der Waals surface area contributed by atoms with Crippen molar-refractivity contribution < 1.29 is 14.3 Å². The molecule has 1 N–H and O–H groups in total. The van der Waals surface area contributed by atoms with Crippen molar-refractivity contribution in [3.63, 3.8) is 0 Å². The summed E-state index contributed by atoms with van der Waals surface area (Å²) >= 11 is 0. The van der Waals surface area contributed by atoms with Crippen molar-refractivity contribution in [2.24, 2.45) is 5.92 Å². The summed E-state index contributed by atoms with van der Waals surface area (Å²) in [6.45, 7) is 0. The Hall–Kier alpha value is -2.53. The van der Waals surface area contributed by atoms with Crippen LogP contribution in [0.2, 0.25) is 0 Å². The lowest BCUT2D eigenvalue weighted by atomic mass is 9.78. The van der Waals surface area contributed by atoms with E-state index < -0.39 is 0 Å². The van der Waals surface area contributed by atoms with E-state index in [4.69, 9.17) is 9.47 Å². The quantitative estimate of drug-likeness (QED) is 0.758. The van der Waals surface area contributed by atoms with Gasteiger partial charge in [-0.05, 0) is 63.4 Å². The molecule has 1 saturated carbocycles. The molecule has 1 atom stereocenters. The van der Waals surface area contributed by atoms with Gasteiger partial charge in [0.1, 0.15) is 11.5 Å². The predicted molar refractivity (Wildman–Crippen MR) is 116 cm³/mol. The van der Waals surface area contributed by atoms with Crippen molar-refractivity contribution in [1.29, 1.82) is 0 Å². The molecule has 0 heterocycles. The Balaban J connectivity index is 1.61. The Kier molecular flexibility index (Phi) is 7.15. The Morgan fingerprint density at radius 1 is 1.00 bits per heavy atom. The highest BCUT2D eigenvalue weighted by molar-refractivity contribution is 5.97. The second kappa shape index (κ2) is 9.79. The molecule has 156 valence electrons. The Bertz CT molecular complexity index is 799. The van der Waals surface area contributed by atoms with Gasteiger partial charge in [-0.3, -0.25) is 4.79 Å². The van der Waals surface area contributed by atoms with Gasteiger partial charge in [0.2, 0.25) is 0 Å². The zero-order chi connectivity index (χ0) is 20.8. The first-order chi connectivity index (χ1) is 14.0. The number of nitrogens with zero attached hydrogens (tertiary/aromatic N) is 1. The van der Waals surface area contributed by atoms with Crippen LogP contribution in [-0.4, -0.2) is 45.2 Å². The summed E-state index contributed by atoms with van der Waals surface area (Å²) in [4.78, 5) is 15.1. The summed E-state index contributed by atoms with van der Waals surface area (Å²) < 4.78 is 10.6. The van der Waals surface area contributed by atoms with E-state index in [-0.39, 0.29) is 11.9 Å². The zero-order valence-electron chi connectivity index (χ0n) is 17.9. The van der Waals surface area contributed by atoms with Crippen molar-refractivity contribution in [3.8, 4) is 11.5 Å². The fourth-order valence-corrected chi connectivity index (χ4v) is 4.47. The zero-order valence-corrected chi connectivity index (χ0v) is 17.9. The van der Waals surface area contributed by atoms with Crippen molar-refractivity contribution in [2.75, 3.05) is 28.3 Å². The predicted octanol–water partition coefficient (Wildman–Crippen LogP) is 4.30. The van der Waals surface area contributed by atoms with Gasteiger partial charge in [-0.15, -0.1) is 0 Å². The fourth-order valence-electron chi connectivity index (χ4n) is 4.47. The van der Waals surface area contributed by atoms with Crippen LogP contribution >= 0.6 is 0 Å². The van der Waals surface area contributed by atoms with Gasteiger partial charge < -0.3 is 19.7 Å². The lowest BCUT2D eigenvalue weighted by Crippen LogP contribution is -2.40. The maximum absolute atomic E-state index is 12.8. The minimum Gasteiger partial charge on any atom is -0.497 e. The van der Waals surface area contributed by atoms with Gasteiger partial charge in [0.25, 0.3) is 5.91 Å². The summed E-state index contributed by atoms with van der Waals surface area (Å²) in [6, 6.07) is 16.6. The highest BCUT2D eigenvalue weighted by Crippen LogP contribution is 2.37. The van der Waals surface area contributed by atoms with Crippen LogP contribution in [0.25, 0.3) is 0 Å². The van der Waals surface area contributed by atoms with Gasteiger partial charge in [-0.2, -0.15) is 0 Å². The van der Waals surface area contributed by atoms with Gasteiger partial charge in [0, 0.05) is 18.2 Å². The number of carbonyl (C=O) groups excluding carboxylic acids is 1. The van der Waals surface area contributed by atoms with E-state index in [0.717, 1.165) is 25.7 Å². The fraction of sp³-hybridized carbons (Fsp3) is 0.458. The first-order valence-corrected chi connectivity index (χ1v) is 10.3. The third kappa shape index (κ3) is 5.10. The smallest absolute Gasteiger partial charge is 0.255 e. The third-order valence-corrected chi connectivity index (χ3v) is 5.90. The van der Waals surface area contributed by atoms with Gasteiger partial charge >= 0.3 is 0 Å². The summed E-state index contributed by atoms with van der Waals surface area (Å²) in [7, 11) is 7.48. The van der Waals surface area contributed by atoms with E-state index in [1.165, 1.54) is 5.56 Å². The lowest BCUT2D eigenvalue weighted by molar-refractivity contribution is 0.0903. The summed E-state index contributed by atoms with van der Waals surface area (Å²) in [5.41, 5.74) is 1.92. The monoisotopic (exact) mass is 396 g/mol. The summed E-state index contributed by atoms with van der Waals surface area (Å²) in [6.07, 6.45) is 4.18. The molecule has 29 heavy (non-hydrogen) atoms. The topological polar surface area (TPSA) is 50.8 Å². The molecule has 2 aromatic rings. The highest BCUT2D eigenvalue weighted by atomic mass is 16.5. The van der Waals surface area contributed by atoms with Gasteiger partial charge in [0.15, 0.2) is 0 Å². The maximum atomic E-state index is 12.8. The molecule has 0 spiro atoms. The van der Waals surface area contributed by atoms with Crippen LogP contribution in [0.5, 0.6) is 11.5 Å². The molecule has 1 amide bonds. The van der Waals surface area contributed by atoms with E-state index in [0.29, 0.717) is 29.0 Å². The minimum absolute atomic E-state index is 0.0832. The normalized spacial score (nSPS) is 20.2. The molecule has 0 bridgehead atoms. The standard InChI is InChI=1S/C24H32N2O3/c1-26(2)23(17-8-6-5-7-9-17)18-10-12-19(13-11-18)25-24(27)21-15-14-20(28-3)16-22(21)29-4/h5-9,14-16,18-19,23H,10-13H2,1-4H3,(H,25,27). The SMILES string of the molecule is COc1ccc(C(=O)NC2CCC(C(c3ccccc3)N(C)C)CC2)c(OC)c1. The molecule has 3 rings (SSSR count). The van der Waals surface area contributed by atoms with Crippen molar-refractivity contribution in [2.45, 2.75) is 37.8 Å². The Morgan fingerprint density at radius 3 is 2.28 bits per heavy atom. The van der Waals surface area contributed by atoms with Crippen LogP contribution < -0.4 is 14.8 Å². The van der Waals surface area contributed by atoms with E-state index in [2.05, 4.69) is 54.6 Å². The van der Waals surface area contributed by atoms with Gasteiger partial charge in [0.05, 0.1) is 19.8 Å². The van der Waals surface area contributed by atoms with Gasteiger partial charge in [-0.1, -0.05) is 30.3 Å². The van der Waals surface area contributed by atoms with Crippen LogP contribution in [0.1, 0.15) is 47.6 Å². The number of rotatable bonds is 7. The number of benzene rings is 2. The van der Waals surface area contributed by atoms with Crippen LogP contribution in [-0.2, 0) is 0 Å². The number of ether oxygens (including phenoxy) is 2. The van der Waals surface area contributed by atoms with Crippen LogP contribution in [0.15, 0.2) is 48.5 Å². The second-order valence-electron chi connectivity index (χ2n) is 7.97. The van der Waals surface area contributed by atoms with E-state index in [1.54, 1.807) is 32.4 Å². The summed E-state index contributed by atoms with van der Waals surface area (Å²) in [5.74, 6) is 1.72. The van der Waals surface area contributed by atoms with Crippen LogP contribution in [0.4, 0.5) is 0 Å². The van der Waals surface area contributed by atoms with E-state index >= 15 is 0 Å². The summed E-state index contributed by atoms with van der Waals surface area (Å²) in [5, 5.41) is 3.20. The van der Waals surface area contributed by atoms with Crippen molar-refractivity contribution in [1.82, 2.24) is 10.2 Å². The average Bonchev–Trinajstić information content (AvgIpc) is 2.75. The third-order valence-electron chi connectivity index (χ3n) is 5.90. The lowest BCUT2D eigenvalue weighted by Gasteiger charge is -2.37. The number of amides is 1. The van der Waals surface area contributed by atoms with Crippen molar-refractivity contribution in [3.05, 3.63) is 59.7 Å². The molecule has 5 nitrogen and oxygen atoms in total. The van der Waals surface area contributed by atoms with Crippen molar-refractivity contribution >= 4 is 5.91 Å². The largest absolute Gasteiger partial charge is 0.497 e. The molecule has 0 aliphatic heterocycles. The maximum Gasteiger partial charge on any atom is 0.255 e. The first-order valence-electron chi connectivity index (χ1n) is 10.3. The first kappa shape index (κ1) is 21.2. The molecule has 5 heteroatoms. The number of hydrogen-bond donors (Lipinski definition) is 1. The minimum atomic E-state index is -0.0832. The number of hydrogen-bond acceptors (Lipinski definition) is 4. The molecule has 0 saturated heterocycles. The Labute approximate surface area is 174 Å². The molecule has 2 aromatic carbocycles. The molecular formula is C24H32N2O3. The number of carbonyl (C=O) groups is 1. The molecule has 0 radical (unpaired) electrons. The molecule has 1 aliphatic carbocycles. The Morgan fingerprint density at radius 2 is 1.69 bits per heavy atom. The highest BCUT2D eigenvalue weighted by Gasteiger charge is 2.30. The number of methoxy groups -OCH3 is 2. The van der Waals surface area contributed by atoms with Crippen LogP contribution in [0.3, 0.4) is 0 Å². The van der Waals surface area contributed by atoms with E-state index in [9.17, 15) is 4.79 Å². The second-order valence-corrected chi connectivity index (χ2v) is 7.97. The van der Waals surface area contributed by atoms with E-state index in [1.807, 2.05) is 0 Å². The molecule has 1 fully saturated rings. The number of nitrogens with one attached hydrogen (secondary N) is 1.